The second-order valence-electron chi connectivity index (χ2n) is 7.12. The van der Waals surface area contributed by atoms with E-state index < -0.39 is 6.17 Å². The van der Waals surface area contributed by atoms with Crippen LogP contribution in [0.25, 0.3) is 12.2 Å². The molecule has 3 aromatic carbocycles. The molecule has 0 radical (unpaired) electrons. The van der Waals surface area contributed by atoms with Crippen molar-refractivity contribution in [2.75, 3.05) is 0 Å². The van der Waals surface area contributed by atoms with Crippen molar-refractivity contribution in [2.45, 2.75) is 32.4 Å². The van der Waals surface area contributed by atoms with Crippen molar-refractivity contribution in [3.05, 3.63) is 119 Å². The summed E-state index contributed by atoms with van der Waals surface area (Å²) in [4.78, 5) is 0. The van der Waals surface area contributed by atoms with E-state index in [0.29, 0.717) is 16.7 Å². The van der Waals surface area contributed by atoms with Gasteiger partial charge >= 0.3 is 0 Å². The maximum absolute atomic E-state index is 14.5. The van der Waals surface area contributed by atoms with Crippen LogP contribution in [-0.2, 0) is 12.8 Å². The molecule has 0 nitrogen and oxygen atoms in total. The molecule has 1 unspecified atom stereocenters. The molecule has 0 amide bonds. The third-order valence-electron chi connectivity index (χ3n) is 4.91. The topological polar surface area (TPSA) is 0 Å². The van der Waals surface area contributed by atoms with Gasteiger partial charge in [0.15, 0.2) is 0 Å². The second-order valence-corrected chi connectivity index (χ2v) is 7.12. The zero-order valence-electron chi connectivity index (χ0n) is 16.7. The molecule has 0 spiro atoms. The average Bonchev–Trinajstić information content (AvgIpc) is 2.75. The highest BCUT2D eigenvalue weighted by Gasteiger charge is 2.11. The standard InChI is InChI=1S/C27H26F2/c1-2-3-5-8-21-11-13-22(14-12-21)15-17-25-18-16-23(20-27(25)29)19-26(28)24-9-6-4-7-10-24/h2-4,6-7,9-18,20,26H,5,8,19H2,1H3/b3-2+,17-15+. The molecule has 0 saturated carbocycles. The Hall–Kier alpha value is -3.00. The molecule has 29 heavy (non-hydrogen) atoms. The summed E-state index contributed by atoms with van der Waals surface area (Å²) in [7, 11) is 0. The molecular formula is C27H26F2. The lowest BCUT2D eigenvalue weighted by molar-refractivity contribution is 0.342. The Morgan fingerprint density at radius 3 is 2.28 bits per heavy atom. The molecule has 148 valence electrons. The number of aryl methyl sites for hydroxylation is 1. The van der Waals surface area contributed by atoms with Crippen LogP contribution in [0.2, 0.25) is 0 Å². The first kappa shape index (κ1) is 20.7. The van der Waals surface area contributed by atoms with Gasteiger partial charge in [-0.3, -0.25) is 0 Å². The molecule has 2 heteroatoms. The molecule has 0 aromatic heterocycles. The van der Waals surface area contributed by atoms with E-state index in [1.807, 2.05) is 43.3 Å². The molecule has 0 aliphatic rings. The normalized spacial score (nSPS) is 12.7. The summed E-state index contributed by atoms with van der Waals surface area (Å²) < 4.78 is 28.9. The number of hydrogen-bond donors (Lipinski definition) is 0. The number of rotatable bonds is 8. The first-order valence-electron chi connectivity index (χ1n) is 10.0. The maximum Gasteiger partial charge on any atom is 0.130 e. The minimum Gasteiger partial charge on any atom is -0.242 e. The Balaban J connectivity index is 1.62. The van der Waals surface area contributed by atoms with Crippen molar-refractivity contribution in [3.8, 4) is 0 Å². The van der Waals surface area contributed by atoms with Gasteiger partial charge in [-0.05, 0) is 48.1 Å². The fourth-order valence-electron chi connectivity index (χ4n) is 3.22. The van der Waals surface area contributed by atoms with Crippen molar-refractivity contribution in [3.63, 3.8) is 0 Å². The Kier molecular flexibility index (Phi) is 7.52. The van der Waals surface area contributed by atoms with E-state index in [1.165, 1.54) is 11.6 Å². The largest absolute Gasteiger partial charge is 0.242 e. The average molecular weight is 389 g/mol. The summed E-state index contributed by atoms with van der Waals surface area (Å²) in [6.07, 6.45) is 8.96. The van der Waals surface area contributed by atoms with E-state index in [0.717, 1.165) is 18.4 Å². The predicted octanol–water partition coefficient (Wildman–Crippen LogP) is 7.76. The molecule has 0 aliphatic carbocycles. The highest BCUT2D eigenvalue weighted by Crippen LogP contribution is 2.24. The Bertz CT molecular complexity index is 954. The molecule has 3 rings (SSSR count). The summed E-state index contributed by atoms with van der Waals surface area (Å²) in [6.45, 7) is 2.03. The summed E-state index contributed by atoms with van der Waals surface area (Å²) in [6, 6.07) is 22.2. The SMILES string of the molecule is C/C=C/CCc1ccc(/C=C/c2ccc(CC(F)c3ccccc3)cc2F)cc1. The summed E-state index contributed by atoms with van der Waals surface area (Å²) in [5, 5.41) is 0. The van der Waals surface area contributed by atoms with Crippen molar-refractivity contribution in [1.29, 1.82) is 0 Å². The second kappa shape index (κ2) is 10.5. The highest BCUT2D eigenvalue weighted by atomic mass is 19.1. The first-order valence-corrected chi connectivity index (χ1v) is 10.0. The van der Waals surface area contributed by atoms with Crippen molar-refractivity contribution < 1.29 is 8.78 Å². The number of allylic oxidation sites excluding steroid dienone is 2. The van der Waals surface area contributed by atoms with Crippen LogP contribution in [0.15, 0.2) is 84.9 Å². The van der Waals surface area contributed by atoms with Crippen LogP contribution in [0.1, 0.15) is 47.3 Å². The van der Waals surface area contributed by atoms with Crippen LogP contribution in [0.3, 0.4) is 0 Å². The van der Waals surface area contributed by atoms with Crippen LogP contribution >= 0.6 is 0 Å². The van der Waals surface area contributed by atoms with Gasteiger partial charge in [0.05, 0.1) is 0 Å². The van der Waals surface area contributed by atoms with Crippen LogP contribution in [0.5, 0.6) is 0 Å². The van der Waals surface area contributed by atoms with Gasteiger partial charge in [0.25, 0.3) is 0 Å². The van der Waals surface area contributed by atoms with E-state index in [2.05, 4.69) is 24.3 Å². The quantitative estimate of drug-likeness (QED) is 0.273. The minimum absolute atomic E-state index is 0.166. The van der Waals surface area contributed by atoms with E-state index in [-0.39, 0.29) is 12.2 Å². The lowest BCUT2D eigenvalue weighted by Crippen LogP contribution is -1.98. The molecule has 3 aromatic rings. The van der Waals surface area contributed by atoms with Gasteiger partial charge in [0.2, 0.25) is 0 Å². The number of benzene rings is 3. The fraction of sp³-hybridized carbons (Fsp3) is 0.185. The van der Waals surface area contributed by atoms with Gasteiger partial charge in [-0.15, -0.1) is 0 Å². The Morgan fingerprint density at radius 1 is 0.862 bits per heavy atom. The molecule has 1 atom stereocenters. The highest BCUT2D eigenvalue weighted by molar-refractivity contribution is 5.70. The zero-order valence-corrected chi connectivity index (χ0v) is 16.7. The summed E-state index contributed by atoms with van der Waals surface area (Å²) in [5.41, 5.74) is 4.08. The van der Waals surface area contributed by atoms with Crippen LogP contribution < -0.4 is 0 Å². The van der Waals surface area contributed by atoms with E-state index in [1.54, 1.807) is 30.3 Å². The maximum atomic E-state index is 14.5. The van der Waals surface area contributed by atoms with Gasteiger partial charge in [-0.2, -0.15) is 0 Å². The molecule has 0 saturated heterocycles. The number of halogens is 2. The fourth-order valence-corrected chi connectivity index (χ4v) is 3.22. The predicted molar refractivity (Wildman–Crippen MR) is 119 cm³/mol. The van der Waals surface area contributed by atoms with Gasteiger partial charge in [-0.1, -0.05) is 91.0 Å². The van der Waals surface area contributed by atoms with E-state index in [9.17, 15) is 8.78 Å². The third kappa shape index (κ3) is 6.25. The lowest BCUT2D eigenvalue weighted by atomic mass is 10.0. The molecule has 0 heterocycles. The van der Waals surface area contributed by atoms with Crippen LogP contribution in [-0.4, -0.2) is 0 Å². The molecule has 0 N–H and O–H groups in total. The van der Waals surface area contributed by atoms with Gasteiger partial charge < -0.3 is 0 Å². The number of hydrogen-bond acceptors (Lipinski definition) is 0. The van der Waals surface area contributed by atoms with E-state index >= 15 is 0 Å². The van der Waals surface area contributed by atoms with Crippen molar-refractivity contribution in [1.82, 2.24) is 0 Å². The monoisotopic (exact) mass is 388 g/mol. The summed E-state index contributed by atoms with van der Waals surface area (Å²) in [5.74, 6) is -0.331. The zero-order chi connectivity index (χ0) is 20.5. The third-order valence-corrected chi connectivity index (χ3v) is 4.91. The van der Waals surface area contributed by atoms with Crippen LogP contribution in [0, 0.1) is 5.82 Å². The van der Waals surface area contributed by atoms with Crippen molar-refractivity contribution in [2.24, 2.45) is 0 Å². The molecule has 0 bridgehead atoms. The van der Waals surface area contributed by atoms with Crippen molar-refractivity contribution >= 4 is 12.2 Å². The van der Waals surface area contributed by atoms with Gasteiger partial charge in [0.1, 0.15) is 12.0 Å². The number of alkyl halides is 1. The molecule has 0 aliphatic heterocycles. The molecular weight excluding hydrogens is 362 g/mol. The Morgan fingerprint density at radius 2 is 1.59 bits per heavy atom. The molecule has 0 fully saturated rings. The Labute approximate surface area is 172 Å². The smallest absolute Gasteiger partial charge is 0.130 e. The van der Waals surface area contributed by atoms with Gasteiger partial charge in [-0.25, -0.2) is 8.78 Å². The minimum atomic E-state index is -1.14. The lowest BCUT2D eigenvalue weighted by Gasteiger charge is -2.09. The van der Waals surface area contributed by atoms with Crippen LogP contribution in [0.4, 0.5) is 8.78 Å². The van der Waals surface area contributed by atoms with E-state index in [4.69, 9.17) is 0 Å². The first-order chi connectivity index (χ1) is 14.2. The van der Waals surface area contributed by atoms with Gasteiger partial charge in [0, 0.05) is 12.0 Å². The summed E-state index contributed by atoms with van der Waals surface area (Å²) >= 11 is 0.